The van der Waals surface area contributed by atoms with Gasteiger partial charge in [-0.05, 0) is 31.0 Å². The van der Waals surface area contributed by atoms with Crippen LogP contribution in [0.25, 0.3) is 5.69 Å². The molecule has 2 aromatic rings. The van der Waals surface area contributed by atoms with Gasteiger partial charge in [0.25, 0.3) is 5.56 Å². The van der Waals surface area contributed by atoms with E-state index in [0.717, 1.165) is 18.5 Å². The molecule has 0 unspecified atom stereocenters. The van der Waals surface area contributed by atoms with E-state index in [1.165, 1.54) is 30.1 Å². The molecule has 0 spiro atoms. The third kappa shape index (κ3) is 3.65. The third-order valence-corrected chi connectivity index (χ3v) is 5.10. The summed E-state index contributed by atoms with van der Waals surface area (Å²) in [5.74, 6) is 0. The first-order chi connectivity index (χ1) is 11.1. The monoisotopic (exact) mass is 371 g/mol. The minimum atomic E-state index is -0.469. The Morgan fingerprint density at radius 3 is 2.52 bits per heavy atom. The van der Waals surface area contributed by atoms with Crippen LogP contribution in [0.1, 0.15) is 32.1 Å². The summed E-state index contributed by atoms with van der Waals surface area (Å²) in [6.45, 7) is 0. The number of aromatic nitrogens is 2. The van der Waals surface area contributed by atoms with Crippen molar-refractivity contribution in [2.24, 2.45) is 0 Å². The number of nitrogens with one attached hydrogen (secondary N) is 1. The Morgan fingerprint density at radius 1 is 1.09 bits per heavy atom. The van der Waals surface area contributed by atoms with Gasteiger partial charge in [0, 0.05) is 6.04 Å². The Kier molecular flexibility index (Phi) is 5.14. The molecule has 1 fully saturated rings. The van der Waals surface area contributed by atoms with Gasteiger partial charge in [0.05, 0.1) is 27.6 Å². The van der Waals surface area contributed by atoms with Crippen LogP contribution < -0.4 is 10.9 Å². The van der Waals surface area contributed by atoms with Crippen LogP contribution >= 0.6 is 34.8 Å². The van der Waals surface area contributed by atoms with Crippen LogP contribution in [0.4, 0.5) is 5.69 Å². The van der Waals surface area contributed by atoms with Crippen LogP contribution in [-0.4, -0.2) is 15.8 Å². The molecule has 3 rings (SSSR count). The van der Waals surface area contributed by atoms with Crippen molar-refractivity contribution in [3.8, 4) is 5.69 Å². The summed E-state index contributed by atoms with van der Waals surface area (Å²) in [5.41, 5.74) is 0.950. The summed E-state index contributed by atoms with van der Waals surface area (Å²) in [6, 6.07) is 5.81. The molecule has 4 nitrogen and oxygen atoms in total. The van der Waals surface area contributed by atoms with Crippen molar-refractivity contribution >= 4 is 40.5 Å². The van der Waals surface area contributed by atoms with E-state index in [4.69, 9.17) is 34.8 Å². The number of nitrogens with zero attached hydrogens (tertiary/aromatic N) is 2. The van der Waals surface area contributed by atoms with E-state index in [-0.39, 0.29) is 10.0 Å². The Morgan fingerprint density at radius 2 is 1.83 bits per heavy atom. The van der Waals surface area contributed by atoms with E-state index < -0.39 is 5.56 Å². The van der Waals surface area contributed by atoms with Crippen LogP contribution in [-0.2, 0) is 0 Å². The Labute approximate surface area is 149 Å². The van der Waals surface area contributed by atoms with Crippen molar-refractivity contribution in [3.63, 3.8) is 0 Å². The molecule has 1 aliphatic rings. The highest BCUT2D eigenvalue weighted by molar-refractivity contribution is 6.41. The molecule has 0 saturated heterocycles. The van der Waals surface area contributed by atoms with E-state index in [2.05, 4.69) is 10.4 Å². The SMILES string of the molecule is O=c1c(Cl)c(Cl)cnn1-c1ccc(NC2CCCCC2)c(Cl)c1. The summed E-state index contributed by atoms with van der Waals surface area (Å²) < 4.78 is 1.19. The van der Waals surface area contributed by atoms with Gasteiger partial charge in [-0.2, -0.15) is 9.78 Å². The number of rotatable bonds is 3. The average molecular weight is 373 g/mol. The molecule has 1 saturated carbocycles. The van der Waals surface area contributed by atoms with Crippen molar-refractivity contribution in [2.45, 2.75) is 38.1 Å². The topological polar surface area (TPSA) is 46.9 Å². The largest absolute Gasteiger partial charge is 0.381 e. The maximum atomic E-state index is 12.1. The van der Waals surface area contributed by atoms with Crippen molar-refractivity contribution in [2.75, 3.05) is 5.32 Å². The van der Waals surface area contributed by atoms with E-state index in [0.29, 0.717) is 16.8 Å². The van der Waals surface area contributed by atoms with Crippen LogP contribution in [0.3, 0.4) is 0 Å². The number of hydrogen-bond acceptors (Lipinski definition) is 3. The predicted octanol–water partition coefficient (Wildman–Crippen LogP) is 4.94. The second-order valence-electron chi connectivity index (χ2n) is 5.67. The molecule has 0 amide bonds. The number of anilines is 1. The summed E-state index contributed by atoms with van der Waals surface area (Å²) >= 11 is 18.0. The molecule has 0 atom stereocenters. The lowest BCUT2D eigenvalue weighted by atomic mass is 9.95. The summed E-state index contributed by atoms with van der Waals surface area (Å²) in [7, 11) is 0. The van der Waals surface area contributed by atoms with E-state index in [9.17, 15) is 4.79 Å². The van der Waals surface area contributed by atoms with Gasteiger partial charge in [0.2, 0.25) is 0 Å². The van der Waals surface area contributed by atoms with Crippen molar-refractivity contribution in [1.82, 2.24) is 9.78 Å². The molecule has 23 heavy (non-hydrogen) atoms. The third-order valence-electron chi connectivity index (χ3n) is 4.04. The highest BCUT2D eigenvalue weighted by Gasteiger charge is 2.15. The van der Waals surface area contributed by atoms with Gasteiger partial charge in [-0.15, -0.1) is 0 Å². The molecular formula is C16H16Cl3N3O. The molecule has 122 valence electrons. The van der Waals surface area contributed by atoms with Crippen molar-refractivity contribution in [1.29, 1.82) is 0 Å². The Balaban J connectivity index is 1.87. The molecule has 7 heteroatoms. The second kappa shape index (κ2) is 7.12. The summed E-state index contributed by atoms with van der Waals surface area (Å²) in [6.07, 6.45) is 7.45. The first-order valence-corrected chi connectivity index (χ1v) is 8.69. The standard InChI is InChI=1S/C16H16Cl3N3O/c17-12-8-11(22-16(23)15(19)13(18)9-20-22)6-7-14(12)21-10-4-2-1-3-5-10/h6-10,21H,1-5H2. The average Bonchev–Trinajstić information content (AvgIpc) is 2.56. The molecular weight excluding hydrogens is 357 g/mol. The summed E-state index contributed by atoms with van der Waals surface area (Å²) in [4.78, 5) is 12.1. The highest BCUT2D eigenvalue weighted by Crippen LogP contribution is 2.28. The predicted molar refractivity (Wildman–Crippen MR) is 95.4 cm³/mol. The summed E-state index contributed by atoms with van der Waals surface area (Å²) in [5, 5.41) is 8.11. The lowest BCUT2D eigenvalue weighted by Gasteiger charge is -2.24. The van der Waals surface area contributed by atoms with Gasteiger partial charge < -0.3 is 5.32 Å². The second-order valence-corrected chi connectivity index (χ2v) is 6.86. The molecule has 1 aromatic carbocycles. The van der Waals surface area contributed by atoms with Crippen LogP contribution in [0.2, 0.25) is 15.1 Å². The van der Waals surface area contributed by atoms with E-state index >= 15 is 0 Å². The number of halogens is 3. The highest BCUT2D eigenvalue weighted by atomic mass is 35.5. The van der Waals surface area contributed by atoms with Gasteiger partial charge in [-0.1, -0.05) is 54.1 Å². The van der Waals surface area contributed by atoms with Crippen LogP contribution in [0.15, 0.2) is 29.2 Å². The van der Waals surface area contributed by atoms with Gasteiger partial charge >= 0.3 is 0 Å². The molecule has 0 bridgehead atoms. The van der Waals surface area contributed by atoms with Gasteiger partial charge in [0.15, 0.2) is 0 Å². The molecule has 1 aromatic heterocycles. The van der Waals surface area contributed by atoms with E-state index in [1.807, 2.05) is 6.07 Å². The minimum Gasteiger partial charge on any atom is -0.381 e. The zero-order valence-corrected chi connectivity index (χ0v) is 14.6. The lowest BCUT2D eigenvalue weighted by molar-refractivity contribution is 0.463. The normalized spacial score (nSPS) is 15.6. The lowest BCUT2D eigenvalue weighted by Crippen LogP contribution is -2.23. The quantitative estimate of drug-likeness (QED) is 0.830. The fourth-order valence-electron chi connectivity index (χ4n) is 2.82. The first kappa shape index (κ1) is 16.6. The zero-order chi connectivity index (χ0) is 16.4. The molecule has 1 heterocycles. The van der Waals surface area contributed by atoms with Crippen LogP contribution in [0, 0.1) is 0 Å². The number of hydrogen-bond donors (Lipinski definition) is 1. The van der Waals surface area contributed by atoms with Crippen molar-refractivity contribution in [3.05, 3.63) is 49.8 Å². The van der Waals surface area contributed by atoms with Gasteiger partial charge in [-0.25, -0.2) is 0 Å². The molecule has 1 N–H and O–H groups in total. The zero-order valence-electron chi connectivity index (χ0n) is 12.4. The maximum Gasteiger partial charge on any atom is 0.291 e. The van der Waals surface area contributed by atoms with Crippen LogP contribution in [0.5, 0.6) is 0 Å². The first-order valence-electron chi connectivity index (χ1n) is 7.56. The number of benzene rings is 1. The fourth-order valence-corrected chi connectivity index (χ4v) is 3.30. The molecule has 0 aliphatic heterocycles. The smallest absolute Gasteiger partial charge is 0.291 e. The van der Waals surface area contributed by atoms with E-state index in [1.54, 1.807) is 12.1 Å². The molecule has 1 aliphatic carbocycles. The Hall–Kier alpha value is -1.23. The van der Waals surface area contributed by atoms with Crippen molar-refractivity contribution < 1.29 is 0 Å². The van der Waals surface area contributed by atoms with Gasteiger partial charge in [-0.3, -0.25) is 4.79 Å². The Bertz CT molecular complexity index is 770. The maximum absolute atomic E-state index is 12.1. The molecule has 0 radical (unpaired) electrons. The minimum absolute atomic E-state index is 0.0535. The van der Waals surface area contributed by atoms with Gasteiger partial charge in [0.1, 0.15) is 5.02 Å². The fraction of sp³-hybridized carbons (Fsp3) is 0.375.